The van der Waals surface area contributed by atoms with Crippen LogP contribution in [0.2, 0.25) is 5.28 Å². The Morgan fingerprint density at radius 1 is 1.52 bits per heavy atom. The van der Waals surface area contributed by atoms with Crippen LogP contribution in [0.5, 0.6) is 0 Å². The van der Waals surface area contributed by atoms with Gasteiger partial charge < -0.3 is 0 Å². The number of carbonyl (C=O) groups is 1. The third-order valence-electron chi connectivity index (χ3n) is 4.90. The Balaban J connectivity index is 1.42. The van der Waals surface area contributed by atoms with Crippen molar-refractivity contribution in [2.24, 2.45) is 5.92 Å². The van der Waals surface area contributed by atoms with Crippen molar-refractivity contribution in [2.75, 3.05) is 18.9 Å². The van der Waals surface area contributed by atoms with E-state index in [4.69, 9.17) is 40.7 Å². The summed E-state index contributed by atoms with van der Waals surface area (Å²) in [6.07, 6.45) is 0.796. The van der Waals surface area contributed by atoms with Crippen molar-refractivity contribution in [3.8, 4) is 0 Å². The topological polar surface area (TPSA) is 164 Å². The quantitative estimate of drug-likeness (QED) is 0.429. The molecule has 2 aliphatic heterocycles. The zero-order valence-corrected chi connectivity index (χ0v) is 17.2. The van der Waals surface area contributed by atoms with Crippen LogP contribution in [0.3, 0.4) is 0 Å². The van der Waals surface area contributed by atoms with Gasteiger partial charge in [0.05, 0.1) is 0 Å². The van der Waals surface area contributed by atoms with Crippen LogP contribution in [0, 0.1) is 5.92 Å². The van der Waals surface area contributed by atoms with Gasteiger partial charge in [-0.25, -0.2) is 0 Å². The van der Waals surface area contributed by atoms with E-state index in [1.165, 1.54) is 6.33 Å². The van der Waals surface area contributed by atoms with Gasteiger partial charge in [-0.1, -0.05) is 0 Å². The van der Waals surface area contributed by atoms with Gasteiger partial charge in [-0.3, -0.25) is 0 Å². The summed E-state index contributed by atoms with van der Waals surface area (Å²) in [5.74, 6) is -1.37. The molecule has 0 radical (unpaired) electrons. The number of nitrogen functional groups attached to an aromatic ring is 1. The van der Waals surface area contributed by atoms with Gasteiger partial charge in [-0.15, -0.1) is 0 Å². The molecule has 0 spiro atoms. The second-order valence-electron chi connectivity index (χ2n) is 6.93. The normalized spacial score (nSPS) is 28.2. The van der Waals surface area contributed by atoms with Gasteiger partial charge in [0.15, 0.2) is 0 Å². The first-order valence-corrected chi connectivity index (χ1v) is 11.0. The van der Waals surface area contributed by atoms with Gasteiger partial charge in [-0.05, 0) is 0 Å². The van der Waals surface area contributed by atoms with Crippen molar-refractivity contribution in [1.82, 2.24) is 19.5 Å². The van der Waals surface area contributed by atoms with E-state index < -0.39 is 38.5 Å². The number of hydrogen-bond acceptors (Lipinski definition) is 10. The molecule has 4 N–H and O–H groups in total. The van der Waals surface area contributed by atoms with Crippen LogP contribution in [0.25, 0.3) is 11.2 Å². The standard InChI is InChI=1S/C15H21ClN5O7P/c1-7(14(22)23)2-3-25-29(24)26-5-9-8(28-29)4-10(27-9)21-6-18-11-12(17)19-15(16)20-13(11)21/h6-10,24,29H,2-5H2,1H3,(H,22,23)(H2,17,19,20)/t7-,8-,9+,10+/m0/s1. The minimum absolute atomic E-state index is 0.00230. The average Bonchev–Trinajstić information content (AvgIpc) is 3.24. The van der Waals surface area contributed by atoms with Gasteiger partial charge >= 0.3 is 170 Å². The van der Waals surface area contributed by atoms with Crippen molar-refractivity contribution >= 4 is 42.7 Å². The van der Waals surface area contributed by atoms with E-state index in [0.29, 0.717) is 17.6 Å². The molecule has 2 aromatic rings. The fourth-order valence-electron chi connectivity index (χ4n) is 3.24. The molecule has 2 saturated heterocycles. The molecule has 12 nitrogen and oxygen atoms in total. The zero-order valence-electron chi connectivity index (χ0n) is 15.4. The second-order valence-corrected chi connectivity index (χ2v) is 9.13. The van der Waals surface area contributed by atoms with Crippen LogP contribution in [0.15, 0.2) is 6.33 Å². The number of halogens is 1. The third-order valence-corrected chi connectivity index (χ3v) is 6.77. The number of imidazole rings is 1. The number of nitrogens with two attached hydrogens (primary N) is 1. The van der Waals surface area contributed by atoms with E-state index in [2.05, 4.69) is 15.0 Å². The third kappa shape index (κ3) is 4.15. The van der Waals surface area contributed by atoms with Crippen LogP contribution < -0.4 is 5.73 Å². The molecule has 14 heteroatoms. The summed E-state index contributed by atoms with van der Waals surface area (Å²) in [7, 11) is -3.87. The van der Waals surface area contributed by atoms with Crippen LogP contribution in [0.1, 0.15) is 26.0 Å². The van der Waals surface area contributed by atoms with Gasteiger partial charge in [0.1, 0.15) is 0 Å². The number of rotatable bonds is 6. The van der Waals surface area contributed by atoms with Crippen LogP contribution >= 0.6 is 19.8 Å². The number of aromatic nitrogens is 4. The molecule has 0 unspecified atom stereocenters. The summed E-state index contributed by atoms with van der Waals surface area (Å²) in [6.45, 7) is 1.66. The first kappa shape index (κ1) is 20.6. The van der Waals surface area contributed by atoms with E-state index in [1.807, 2.05) is 0 Å². The first-order valence-electron chi connectivity index (χ1n) is 8.97. The van der Waals surface area contributed by atoms with Crippen molar-refractivity contribution in [3.63, 3.8) is 0 Å². The molecule has 29 heavy (non-hydrogen) atoms. The molecular formula is C15H21ClN5O7P. The molecular weight excluding hydrogens is 429 g/mol. The molecule has 4 atom stereocenters. The number of carboxylic acid groups (broad SMARTS) is 1. The number of hydrogen-bond donors (Lipinski definition) is 3. The monoisotopic (exact) mass is 449 g/mol. The molecule has 4 rings (SSSR count). The van der Waals surface area contributed by atoms with Crippen LogP contribution in [-0.4, -0.2) is 60.9 Å². The predicted molar refractivity (Wildman–Crippen MR) is 102 cm³/mol. The van der Waals surface area contributed by atoms with E-state index in [0.717, 1.165) is 0 Å². The predicted octanol–water partition coefficient (Wildman–Crippen LogP) is 1.29. The summed E-state index contributed by atoms with van der Waals surface area (Å²) >= 11 is 5.90. The van der Waals surface area contributed by atoms with Crippen LogP contribution in [-0.2, 0) is 23.1 Å². The van der Waals surface area contributed by atoms with E-state index in [-0.39, 0.29) is 30.7 Å². The van der Waals surface area contributed by atoms with Crippen molar-refractivity contribution in [1.29, 1.82) is 0 Å². The molecule has 0 bridgehead atoms. The molecule has 0 saturated carbocycles. The zero-order chi connectivity index (χ0) is 20.8. The Morgan fingerprint density at radius 3 is 3.07 bits per heavy atom. The Bertz CT molecular complexity index is 932. The number of aliphatic carboxylic acids is 1. The number of fused-ring (bicyclic) bond motifs is 2. The summed E-state index contributed by atoms with van der Waals surface area (Å²) in [4.78, 5) is 33.7. The Kier molecular flexibility index (Phi) is 5.60. The van der Waals surface area contributed by atoms with Gasteiger partial charge in [-0.2, -0.15) is 0 Å². The minimum atomic E-state index is -3.87. The number of carboxylic acids is 1. The molecule has 0 aliphatic carbocycles. The molecule has 4 heterocycles. The summed E-state index contributed by atoms with van der Waals surface area (Å²) in [5, 5.41) is 8.91. The second kappa shape index (κ2) is 7.88. The fraction of sp³-hybridized carbons (Fsp3) is 0.600. The first-order chi connectivity index (χ1) is 13.8. The number of ether oxygens (including phenoxy) is 1. The van der Waals surface area contributed by atoms with Crippen molar-refractivity contribution in [3.05, 3.63) is 11.6 Å². The SMILES string of the molecule is C[C@@H](CCO[PH]1(O)OC[C@H]2O[C@@H](n3cnc4c(N)nc(Cl)nc43)C[C@@H]2O1)C(=O)O. The van der Waals surface area contributed by atoms with Crippen molar-refractivity contribution < 1.29 is 33.1 Å². The molecule has 0 aromatic carbocycles. The van der Waals surface area contributed by atoms with Crippen LogP contribution in [0.4, 0.5) is 5.82 Å². The van der Waals surface area contributed by atoms with E-state index >= 15 is 0 Å². The summed E-state index contributed by atoms with van der Waals surface area (Å²) < 4.78 is 24.1. The molecule has 2 aliphatic rings. The maximum absolute atomic E-state index is 10.9. The van der Waals surface area contributed by atoms with E-state index in [1.54, 1.807) is 11.5 Å². The van der Waals surface area contributed by atoms with Gasteiger partial charge in [0, 0.05) is 0 Å². The van der Waals surface area contributed by atoms with Gasteiger partial charge in [0.25, 0.3) is 0 Å². The maximum atomic E-state index is 10.9. The average molecular weight is 450 g/mol. The summed E-state index contributed by atoms with van der Waals surface area (Å²) in [6, 6.07) is 0. The Morgan fingerprint density at radius 2 is 2.31 bits per heavy atom. The molecule has 0 amide bonds. The van der Waals surface area contributed by atoms with E-state index in [9.17, 15) is 9.69 Å². The number of nitrogens with zero attached hydrogens (tertiary/aromatic N) is 4. The fourth-order valence-corrected chi connectivity index (χ4v) is 5.02. The number of anilines is 1. The Labute approximate surface area is 170 Å². The molecule has 2 fully saturated rings. The summed E-state index contributed by atoms with van der Waals surface area (Å²) in [5.41, 5.74) is 6.67. The molecule has 160 valence electrons. The van der Waals surface area contributed by atoms with Crippen molar-refractivity contribution in [2.45, 2.75) is 38.2 Å². The molecule has 2 aromatic heterocycles. The van der Waals surface area contributed by atoms with Gasteiger partial charge in [0.2, 0.25) is 0 Å². The Hall–Kier alpha value is -1.66.